The van der Waals surface area contributed by atoms with Crippen LogP contribution >= 0.6 is 0 Å². The number of nitrogens with zero attached hydrogens (tertiary/aromatic N) is 2. The second-order valence-corrected chi connectivity index (χ2v) is 14.6. The number of benzene rings is 2. The Balaban J connectivity index is 1.78. The van der Waals surface area contributed by atoms with Crippen LogP contribution in [0.3, 0.4) is 0 Å². The molecule has 0 saturated heterocycles. The molecule has 2 nitrogen and oxygen atoms in total. The Morgan fingerprint density at radius 1 is 0.486 bits per heavy atom. The molecule has 2 aromatic rings. The molecular weight excluding hydrogens is 424 g/mol. The maximum Gasteiger partial charge on any atom is 0.0745 e. The molecule has 1 aliphatic carbocycles. The van der Waals surface area contributed by atoms with E-state index < -0.39 is 0 Å². The first-order chi connectivity index (χ1) is 15.8. The largest absolute Gasteiger partial charge is 0.287 e. The van der Waals surface area contributed by atoms with Crippen LogP contribution in [-0.4, -0.2) is 24.5 Å². The molecular formula is C33H48N2. The van der Waals surface area contributed by atoms with Gasteiger partial charge in [-0.1, -0.05) is 95.2 Å². The first-order valence-electron chi connectivity index (χ1n) is 13.2. The van der Waals surface area contributed by atoms with E-state index >= 15 is 0 Å². The van der Waals surface area contributed by atoms with Crippen LogP contribution in [0.5, 0.6) is 0 Å². The lowest BCUT2D eigenvalue weighted by Crippen LogP contribution is -2.17. The summed E-state index contributed by atoms with van der Waals surface area (Å²) in [5.41, 5.74) is 8.32. The van der Waals surface area contributed by atoms with E-state index in [2.05, 4.69) is 132 Å². The van der Waals surface area contributed by atoms with Crippen molar-refractivity contribution in [3.8, 4) is 0 Å². The van der Waals surface area contributed by atoms with Gasteiger partial charge in [-0.2, -0.15) is 0 Å². The van der Waals surface area contributed by atoms with E-state index in [4.69, 9.17) is 9.98 Å². The molecule has 35 heavy (non-hydrogen) atoms. The average molecular weight is 473 g/mol. The molecule has 0 aromatic heterocycles. The maximum absolute atomic E-state index is 4.92. The van der Waals surface area contributed by atoms with Gasteiger partial charge in [-0.25, -0.2) is 0 Å². The van der Waals surface area contributed by atoms with E-state index in [1.54, 1.807) is 0 Å². The summed E-state index contributed by atoms with van der Waals surface area (Å²) in [6.45, 7) is 27.3. The summed E-state index contributed by atoms with van der Waals surface area (Å²) < 4.78 is 0. The Morgan fingerprint density at radius 2 is 0.743 bits per heavy atom. The van der Waals surface area contributed by atoms with Crippen molar-refractivity contribution in [1.82, 2.24) is 0 Å². The van der Waals surface area contributed by atoms with Gasteiger partial charge < -0.3 is 0 Å². The van der Waals surface area contributed by atoms with Crippen LogP contribution < -0.4 is 0 Å². The predicted octanol–water partition coefficient (Wildman–Crippen LogP) is 8.56. The minimum atomic E-state index is 0.115. The minimum Gasteiger partial charge on any atom is -0.287 e. The molecule has 0 bridgehead atoms. The average Bonchev–Trinajstić information content (AvgIpc) is 3.46. The summed E-state index contributed by atoms with van der Waals surface area (Å²) in [5.74, 6) is 0. The Bertz CT molecular complexity index is 952. The van der Waals surface area contributed by atoms with Gasteiger partial charge in [0.05, 0.1) is 12.1 Å². The maximum atomic E-state index is 4.92. The highest BCUT2D eigenvalue weighted by molar-refractivity contribution is 5.82. The smallest absolute Gasteiger partial charge is 0.0745 e. The molecule has 0 heterocycles. The second-order valence-electron chi connectivity index (χ2n) is 14.6. The van der Waals surface area contributed by atoms with E-state index in [1.807, 2.05) is 0 Å². The highest BCUT2D eigenvalue weighted by atomic mass is 15.0. The Morgan fingerprint density at radius 3 is 0.971 bits per heavy atom. The fourth-order valence-electron chi connectivity index (χ4n) is 4.04. The van der Waals surface area contributed by atoms with Gasteiger partial charge in [-0.05, 0) is 85.7 Å². The van der Waals surface area contributed by atoms with Gasteiger partial charge >= 0.3 is 0 Å². The highest BCUT2D eigenvalue weighted by Gasteiger charge is 2.36. The fourth-order valence-corrected chi connectivity index (χ4v) is 4.04. The summed E-state index contributed by atoms with van der Waals surface area (Å²) in [7, 11) is 0. The molecule has 3 rings (SSSR count). The molecule has 2 aromatic carbocycles. The first kappa shape index (κ1) is 27.4. The molecule has 0 aliphatic heterocycles. The van der Waals surface area contributed by atoms with Gasteiger partial charge in [-0.3, -0.25) is 9.98 Å². The zero-order chi connectivity index (χ0) is 26.4. The summed E-state index contributed by atoms with van der Waals surface area (Å²) in [5, 5.41) is 0. The molecule has 1 aliphatic rings. The van der Waals surface area contributed by atoms with Gasteiger partial charge in [0, 0.05) is 12.4 Å². The van der Waals surface area contributed by atoms with Gasteiger partial charge in [0.15, 0.2) is 0 Å². The quantitative estimate of drug-likeness (QED) is 0.398. The third-order valence-electron chi connectivity index (χ3n) is 6.93. The summed E-state index contributed by atoms with van der Waals surface area (Å²) in [6, 6.07) is 14.5. The molecule has 0 amide bonds. The zero-order valence-electron chi connectivity index (χ0n) is 24.4. The molecule has 0 radical (unpaired) electrons. The fraction of sp³-hybridized carbons (Fsp3) is 0.576. The van der Waals surface area contributed by atoms with Crippen LogP contribution in [0, 0.1) is 0 Å². The van der Waals surface area contributed by atoms with Crippen molar-refractivity contribution in [2.45, 2.75) is 123 Å². The third-order valence-corrected chi connectivity index (χ3v) is 6.93. The molecule has 0 unspecified atom stereocenters. The summed E-state index contributed by atoms with van der Waals surface area (Å²) in [4.78, 5) is 9.84. The molecule has 2 atom stereocenters. The molecule has 2 heteroatoms. The Hall–Kier alpha value is -2.22. The van der Waals surface area contributed by atoms with Gasteiger partial charge in [-0.15, -0.1) is 0 Å². The molecule has 190 valence electrons. The van der Waals surface area contributed by atoms with Crippen molar-refractivity contribution in [3.63, 3.8) is 0 Å². The van der Waals surface area contributed by atoms with Crippen molar-refractivity contribution in [3.05, 3.63) is 69.8 Å². The van der Waals surface area contributed by atoms with Gasteiger partial charge in [0.25, 0.3) is 0 Å². The highest BCUT2D eigenvalue weighted by Crippen LogP contribution is 2.33. The zero-order valence-corrected chi connectivity index (χ0v) is 24.4. The summed E-state index contributed by atoms with van der Waals surface area (Å²) in [6.07, 6.45) is 5.17. The lowest BCUT2D eigenvalue weighted by Gasteiger charge is -2.25. The van der Waals surface area contributed by atoms with Gasteiger partial charge in [0.2, 0.25) is 0 Å². The van der Waals surface area contributed by atoms with E-state index in [0.29, 0.717) is 0 Å². The van der Waals surface area contributed by atoms with E-state index in [-0.39, 0.29) is 33.7 Å². The lowest BCUT2D eigenvalue weighted by atomic mass is 9.79. The monoisotopic (exact) mass is 472 g/mol. The molecule has 1 saturated carbocycles. The van der Waals surface area contributed by atoms with Crippen molar-refractivity contribution < 1.29 is 0 Å². The van der Waals surface area contributed by atoms with Crippen molar-refractivity contribution in [1.29, 1.82) is 0 Å². The van der Waals surface area contributed by atoms with E-state index in [0.717, 1.165) is 6.42 Å². The number of hydrogen-bond acceptors (Lipinski definition) is 2. The van der Waals surface area contributed by atoms with Crippen LogP contribution in [0.15, 0.2) is 46.4 Å². The molecule has 0 spiro atoms. The van der Waals surface area contributed by atoms with Crippen molar-refractivity contribution in [2.24, 2.45) is 9.98 Å². The van der Waals surface area contributed by atoms with Gasteiger partial charge in [0.1, 0.15) is 0 Å². The summed E-state index contributed by atoms with van der Waals surface area (Å²) >= 11 is 0. The number of hydrogen-bond donors (Lipinski definition) is 0. The Labute approximate surface area is 215 Å². The lowest BCUT2D eigenvalue weighted by molar-refractivity contribution is 0.568. The predicted molar refractivity (Wildman–Crippen MR) is 155 cm³/mol. The number of aliphatic imine (C=N–C) groups is 2. The van der Waals surface area contributed by atoms with Crippen LogP contribution in [-0.2, 0) is 21.7 Å². The minimum absolute atomic E-state index is 0.115. The van der Waals surface area contributed by atoms with E-state index in [1.165, 1.54) is 33.4 Å². The van der Waals surface area contributed by atoms with Crippen molar-refractivity contribution in [2.75, 3.05) is 0 Å². The first-order valence-corrected chi connectivity index (χ1v) is 13.2. The standard InChI is InChI=1S/C33H48N2/c1-30(2,3)24-13-22(14-25(17-24)31(4,5)6)20-34-28-19-29(28)35-21-23-15-26(32(7,8)9)18-27(16-23)33(10,11)12/h13-18,20-21,28-29H,19H2,1-12H3/t28-,29-/m0/s1. The molecule has 0 N–H and O–H groups in total. The van der Waals surface area contributed by atoms with Crippen LogP contribution in [0.1, 0.15) is 123 Å². The van der Waals surface area contributed by atoms with Crippen LogP contribution in [0.25, 0.3) is 0 Å². The second kappa shape index (κ2) is 9.34. The topological polar surface area (TPSA) is 24.7 Å². The van der Waals surface area contributed by atoms with Crippen LogP contribution in [0.2, 0.25) is 0 Å². The van der Waals surface area contributed by atoms with Crippen molar-refractivity contribution >= 4 is 12.4 Å². The Kier molecular flexibility index (Phi) is 7.30. The molecule has 1 fully saturated rings. The third kappa shape index (κ3) is 7.38. The van der Waals surface area contributed by atoms with E-state index in [9.17, 15) is 0 Å². The SMILES string of the molecule is CC(C)(C)c1cc(C=N[C@H]2C[C@@H]2N=Cc2cc(C(C)(C)C)cc(C(C)(C)C)c2)cc(C(C)(C)C)c1. The number of rotatable bonds is 4. The van der Waals surface area contributed by atoms with Crippen LogP contribution in [0.4, 0.5) is 0 Å². The normalized spacial score (nSPS) is 19.7.